The number of hydrogen-bond acceptors (Lipinski definition) is 3. The van der Waals surface area contributed by atoms with Gasteiger partial charge >= 0.3 is 0 Å². The number of non-ortho nitro benzene ring substituents is 1. The third kappa shape index (κ3) is 2.79. The topological polar surface area (TPSA) is 55.2 Å². The molecule has 20 heavy (non-hydrogen) atoms. The van der Waals surface area contributed by atoms with Crippen LogP contribution >= 0.6 is 0 Å². The summed E-state index contributed by atoms with van der Waals surface area (Å²) >= 11 is 0. The van der Waals surface area contributed by atoms with Crippen LogP contribution in [0.5, 0.6) is 0 Å². The first-order valence-electron chi connectivity index (χ1n) is 7.76. The van der Waals surface area contributed by atoms with Crippen molar-refractivity contribution in [2.45, 2.75) is 50.9 Å². The highest BCUT2D eigenvalue weighted by Crippen LogP contribution is 2.38. The smallest absolute Gasteiger partial charge is 0.269 e. The van der Waals surface area contributed by atoms with Gasteiger partial charge in [-0.05, 0) is 30.4 Å². The number of fused-ring (bicyclic) bond motifs is 1. The Balaban J connectivity index is 1.65. The van der Waals surface area contributed by atoms with Crippen LogP contribution in [0.2, 0.25) is 0 Å². The monoisotopic (exact) mass is 274 g/mol. The van der Waals surface area contributed by atoms with Crippen LogP contribution in [0.25, 0.3) is 0 Å². The molecule has 1 saturated carbocycles. The van der Waals surface area contributed by atoms with Crippen molar-refractivity contribution in [2.24, 2.45) is 5.92 Å². The first kappa shape index (κ1) is 13.4. The van der Waals surface area contributed by atoms with Crippen LogP contribution in [0.1, 0.15) is 56.4 Å². The van der Waals surface area contributed by atoms with Crippen LogP contribution in [-0.4, -0.2) is 11.5 Å². The Hall–Kier alpha value is -1.58. The SMILES string of the molecule is O=[N+]([O-])c1ccc2c(c1)C(CCC1CCCCC1)CN2. The summed E-state index contributed by atoms with van der Waals surface area (Å²) in [6, 6.07) is 5.21. The number of benzene rings is 1. The van der Waals surface area contributed by atoms with E-state index in [2.05, 4.69) is 5.32 Å². The number of nitrogens with zero attached hydrogens (tertiary/aromatic N) is 1. The minimum absolute atomic E-state index is 0.218. The second-order valence-corrected chi connectivity index (χ2v) is 6.19. The Morgan fingerprint density at radius 3 is 2.75 bits per heavy atom. The number of nitro groups is 1. The average molecular weight is 274 g/mol. The highest BCUT2D eigenvalue weighted by molar-refractivity contribution is 5.61. The van der Waals surface area contributed by atoms with E-state index in [1.54, 1.807) is 12.1 Å². The van der Waals surface area contributed by atoms with Crippen LogP contribution in [0.3, 0.4) is 0 Å². The number of hydrogen-bond donors (Lipinski definition) is 1. The van der Waals surface area contributed by atoms with E-state index in [9.17, 15) is 10.1 Å². The second kappa shape index (κ2) is 5.81. The third-order valence-corrected chi connectivity index (χ3v) is 4.87. The molecule has 4 nitrogen and oxygen atoms in total. The van der Waals surface area contributed by atoms with Crippen molar-refractivity contribution in [3.8, 4) is 0 Å². The van der Waals surface area contributed by atoms with Crippen molar-refractivity contribution in [3.05, 3.63) is 33.9 Å². The first-order valence-corrected chi connectivity index (χ1v) is 7.76. The number of nitro benzene ring substituents is 1. The number of nitrogens with one attached hydrogen (secondary N) is 1. The summed E-state index contributed by atoms with van der Waals surface area (Å²) in [6.07, 6.45) is 9.35. The van der Waals surface area contributed by atoms with Crippen molar-refractivity contribution in [1.29, 1.82) is 0 Å². The lowest BCUT2D eigenvalue weighted by molar-refractivity contribution is -0.384. The summed E-state index contributed by atoms with van der Waals surface area (Å²) in [4.78, 5) is 10.6. The average Bonchev–Trinajstić information content (AvgIpc) is 2.88. The van der Waals surface area contributed by atoms with Crippen molar-refractivity contribution < 1.29 is 4.92 Å². The second-order valence-electron chi connectivity index (χ2n) is 6.19. The van der Waals surface area contributed by atoms with E-state index in [1.807, 2.05) is 6.07 Å². The van der Waals surface area contributed by atoms with Gasteiger partial charge in [0.05, 0.1) is 4.92 Å². The summed E-state index contributed by atoms with van der Waals surface area (Å²) in [5, 5.41) is 14.3. The molecule has 4 heteroatoms. The molecule has 1 aromatic rings. The van der Waals surface area contributed by atoms with E-state index in [0.29, 0.717) is 5.92 Å². The molecule has 1 atom stereocenters. The molecule has 1 heterocycles. The largest absolute Gasteiger partial charge is 0.384 e. The molecule has 108 valence electrons. The van der Waals surface area contributed by atoms with Gasteiger partial charge in [0.2, 0.25) is 0 Å². The predicted molar refractivity (Wildman–Crippen MR) is 80.1 cm³/mol. The van der Waals surface area contributed by atoms with Gasteiger partial charge < -0.3 is 5.32 Å². The zero-order chi connectivity index (χ0) is 13.9. The Morgan fingerprint density at radius 1 is 1.20 bits per heavy atom. The van der Waals surface area contributed by atoms with Gasteiger partial charge in [-0.25, -0.2) is 0 Å². The molecule has 1 aromatic carbocycles. The molecule has 0 aromatic heterocycles. The zero-order valence-electron chi connectivity index (χ0n) is 11.8. The Bertz CT molecular complexity index is 495. The molecule has 0 amide bonds. The van der Waals surface area contributed by atoms with Gasteiger partial charge in [0.15, 0.2) is 0 Å². The molecule has 1 N–H and O–H groups in total. The van der Waals surface area contributed by atoms with Crippen molar-refractivity contribution in [1.82, 2.24) is 0 Å². The fourth-order valence-electron chi connectivity index (χ4n) is 3.68. The normalized spacial score (nSPS) is 22.3. The van der Waals surface area contributed by atoms with Crippen LogP contribution in [0, 0.1) is 16.0 Å². The summed E-state index contributed by atoms with van der Waals surface area (Å²) in [5.74, 6) is 1.33. The van der Waals surface area contributed by atoms with E-state index >= 15 is 0 Å². The summed E-state index contributed by atoms with van der Waals surface area (Å²) in [6.45, 7) is 0.934. The van der Waals surface area contributed by atoms with Crippen LogP contribution in [0.4, 0.5) is 11.4 Å². The fourth-order valence-corrected chi connectivity index (χ4v) is 3.68. The van der Waals surface area contributed by atoms with Gasteiger partial charge in [-0.3, -0.25) is 10.1 Å². The quantitative estimate of drug-likeness (QED) is 0.651. The van der Waals surface area contributed by atoms with Gasteiger partial charge in [-0.2, -0.15) is 0 Å². The molecule has 0 radical (unpaired) electrons. The van der Waals surface area contributed by atoms with E-state index < -0.39 is 0 Å². The molecule has 1 aliphatic heterocycles. The lowest BCUT2D eigenvalue weighted by Crippen LogP contribution is -2.09. The molecular formula is C16H22N2O2. The molecule has 0 bridgehead atoms. The Kier molecular flexibility index (Phi) is 3.90. The summed E-state index contributed by atoms with van der Waals surface area (Å²) in [5.41, 5.74) is 2.45. The Labute approximate surface area is 119 Å². The van der Waals surface area contributed by atoms with Crippen molar-refractivity contribution in [3.63, 3.8) is 0 Å². The predicted octanol–water partition coefficient (Wildman–Crippen LogP) is 4.46. The molecular weight excluding hydrogens is 252 g/mol. The third-order valence-electron chi connectivity index (χ3n) is 4.87. The lowest BCUT2D eigenvalue weighted by Gasteiger charge is -2.22. The fraction of sp³-hybridized carbons (Fsp3) is 0.625. The molecule has 1 aliphatic carbocycles. The summed E-state index contributed by atoms with van der Waals surface area (Å²) < 4.78 is 0. The van der Waals surface area contributed by atoms with Crippen LogP contribution in [-0.2, 0) is 0 Å². The van der Waals surface area contributed by atoms with Gasteiger partial charge in [0, 0.05) is 30.3 Å². The van der Waals surface area contributed by atoms with Gasteiger partial charge in [-0.15, -0.1) is 0 Å². The highest BCUT2D eigenvalue weighted by Gasteiger charge is 2.25. The highest BCUT2D eigenvalue weighted by atomic mass is 16.6. The standard InChI is InChI=1S/C16H22N2O2/c19-18(20)14-8-9-16-15(10-14)13(11-17-16)7-6-12-4-2-1-3-5-12/h8-10,12-13,17H,1-7,11H2. The Morgan fingerprint density at radius 2 is 2.00 bits per heavy atom. The van der Waals surface area contributed by atoms with Crippen molar-refractivity contribution in [2.75, 3.05) is 11.9 Å². The molecule has 2 aliphatic rings. The van der Waals surface area contributed by atoms with E-state index in [-0.39, 0.29) is 10.6 Å². The van der Waals surface area contributed by atoms with Gasteiger partial charge in [0.25, 0.3) is 5.69 Å². The molecule has 3 rings (SSSR count). The van der Waals surface area contributed by atoms with Gasteiger partial charge in [-0.1, -0.05) is 32.1 Å². The first-order chi connectivity index (χ1) is 9.74. The van der Waals surface area contributed by atoms with E-state index in [4.69, 9.17) is 0 Å². The summed E-state index contributed by atoms with van der Waals surface area (Å²) in [7, 11) is 0. The maximum absolute atomic E-state index is 10.9. The van der Waals surface area contributed by atoms with Crippen LogP contribution < -0.4 is 5.32 Å². The molecule has 0 saturated heterocycles. The lowest BCUT2D eigenvalue weighted by atomic mass is 9.83. The molecule has 1 fully saturated rings. The zero-order valence-corrected chi connectivity index (χ0v) is 11.8. The van der Waals surface area contributed by atoms with Crippen LogP contribution in [0.15, 0.2) is 18.2 Å². The molecule has 0 spiro atoms. The van der Waals surface area contributed by atoms with Gasteiger partial charge in [0.1, 0.15) is 0 Å². The number of anilines is 1. The van der Waals surface area contributed by atoms with E-state index in [0.717, 1.165) is 30.1 Å². The number of rotatable bonds is 4. The molecule has 1 unspecified atom stereocenters. The van der Waals surface area contributed by atoms with Crippen molar-refractivity contribution >= 4 is 11.4 Å². The minimum Gasteiger partial charge on any atom is -0.384 e. The van der Waals surface area contributed by atoms with E-state index in [1.165, 1.54) is 38.5 Å². The maximum atomic E-state index is 10.9. The maximum Gasteiger partial charge on any atom is 0.269 e. The minimum atomic E-state index is -0.295.